The second-order valence-electron chi connectivity index (χ2n) is 7.92. The number of ketones is 1. The van der Waals surface area contributed by atoms with E-state index in [2.05, 4.69) is 11.0 Å². The molecule has 5 heteroatoms. The van der Waals surface area contributed by atoms with E-state index in [0.29, 0.717) is 24.9 Å². The molecule has 3 aromatic rings. The molecule has 1 aliphatic heterocycles. The summed E-state index contributed by atoms with van der Waals surface area (Å²) in [5, 5.41) is 12.6. The first kappa shape index (κ1) is 20.5. The maximum Gasteiger partial charge on any atom is 0.166 e. The van der Waals surface area contributed by atoms with Crippen molar-refractivity contribution in [1.82, 2.24) is 4.90 Å². The van der Waals surface area contributed by atoms with Crippen LogP contribution in [0.4, 0.5) is 4.39 Å². The number of rotatable bonds is 7. The van der Waals surface area contributed by atoms with Gasteiger partial charge in [-0.15, -0.1) is 0 Å². The topological polar surface area (TPSA) is 49.8 Å². The number of ether oxygens (including phenoxy) is 1. The predicted molar refractivity (Wildman–Crippen MR) is 115 cm³/mol. The Morgan fingerprint density at radius 1 is 1.03 bits per heavy atom. The molecule has 1 N–H and O–H groups in total. The maximum absolute atomic E-state index is 13.4. The van der Waals surface area contributed by atoms with Crippen LogP contribution in [0.3, 0.4) is 0 Å². The fourth-order valence-electron chi connectivity index (χ4n) is 4.06. The molecule has 30 heavy (non-hydrogen) atoms. The Hall–Kier alpha value is -2.76. The van der Waals surface area contributed by atoms with E-state index in [1.54, 1.807) is 12.1 Å². The normalized spacial score (nSPS) is 16.5. The van der Waals surface area contributed by atoms with Crippen molar-refractivity contribution in [3.63, 3.8) is 0 Å². The van der Waals surface area contributed by atoms with Crippen molar-refractivity contribution >= 4 is 16.6 Å². The third-order valence-corrected chi connectivity index (χ3v) is 5.70. The highest BCUT2D eigenvalue weighted by atomic mass is 19.1. The second-order valence-corrected chi connectivity index (χ2v) is 7.92. The highest BCUT2D eigenvalue weighted by Crippen LogP contribution is 2.23. The minimum atomic E-state index is -0.605. The lowest BCUT2D eigenvalue weighted by atomic mass is 9.89. The molecule has 3 aromatic carbocycles. The van der Waals surface area contributed by atoms with Crippen LogP contribution in [0.25, 0.3) is 10.8 Å². The molecule has 0 radical (unpaired) electrons. The number of carbonyl (C=O) groups is 1. The van der Waals surface area contributed by atoms with Crippen molar-refractivity contribution in [3.05, 3.63) is 78.1 Å². The monoisotopic (exact) mass is 407 g/mol. The highest BCUT2D eigenvalue weighted by molar-refractivity contribution is 5.97. The van der Waals surface area contributed by atoms with E-state index in [1.165, 1.54) is 12.1 Å². The van der Waals surface area contributed by atoms with Gasteiger partial charge in [0.25, 0.3) is 0 Å². The molecular formula is C25H26FNO3. The summed E-state index contributed by atoms with van der Waals surface area (Å²) in [6.07, 6.45) is 0.827. The number of β-amino-alcohol motifs (C(OH)–C–C–N with tert-alkyl or cyclic N) is 1. The SMILES string of the molecule is O=C(c1cccc(F)c1)C1CCN(CC(O)COc2ccc3ccccc3c2)CC1. The van der Waals surface area contributed by atoms with Crippen LogP contribution in [0.5, 0.6) is 5.75 Å². The van der Waals surface area contributed by atoms with Gasteiger partial charge in [0.2, 0.25) is 0 Å². The van der Waals surface area contributed by atoms with Gasteiger partial charge in [0.15, 0.2) is 5.78 Å². The number of piperidine rings is 1. The molecule has 156 valence electrons. The number of hydrogen-bond acceptors (Lipinski definition) is 4. The number of fused-ring (bicyclic) bond motifs is 1. The molecule has 1 heterocycles. The highest BCUT2D eigenvalue weighted by Gasteiger charge is 2.27. The number of carbonyl (C=O) groups excluding carboxylic acids is 1. The van der Waals surface area contributed by atoms with Crippen LogP contribution in [-0.4, -0.2) is 48.1 Å². The maximum atomic E-state index is 13.4. The lowest BCUT2D eigenvalue weighted by Crippen LogP contribution is -2.42. The molecule has 0 aliphatic carbocycles. The van der Waals surface area contributed by atoms with Crippen LogP contribution in [0.2, 0.25) is 0 Å². The van der Waals surface area contributed by atoms with Crippen molar-refractivity contribution in [1.29, 1.82) is 0 Å². The van der Waals surface area contributed by atoms with Gasteiger partial charge in [-0.25, -0.2) is 4.39 Å². The van der Waals surface area contributed by atoms with Gasteiger partial charge >= 0.3 is 0 Å². The van der Waals surface area contributed by atoms with Crippen molar-refractivity contribution in [2.75, 3.05) is 26.2 Å². The summed E-state index contributed by atoms with van der Waals surface area (Å²) in [6, 6.07) is 19.9. The van der Waals surface area contributed by atoms with Gasteiger partial charge in [-0.1, -0.05) is 42.5 Å². The van der Waals surface area contributed by atoms with Gasteiger partial charge in [0, 0.05) is 18.0 Å². The van der Waals surface area contributed by atoms with Crippen molar-refractivity contribution in [2.45, 2.75) is 18.9 Å². The van der Waals surface area contributed by atoms with Gasteiger partial charge in [-0.3, -0.25) is 4.79 Å². The van der Waals surface area contributed by atoms with E-state index in [-0.39, 0.29) is 24.1 Å². The number of halogens is 1. The number of benzene rings is 3. The summed E-state index contributed by atoms with van der Waals surface area (Å²) in [6.45, 7) is 2.20. The zero-order valence-electron chi connectivity index (χ0n) is 16.8. The number of Topliss-reactive ketones (excluding diaryl/α,β-unsaturated/α-hetero) is 1. The second kappa shape index (κ2) is 9.37. The Balaban J connectivity index is 1.24. The van der Waals surface area contributed by atoms with Crippen molar-refractivity contribution in [3.8, 4) is 5.75 Å². The zero-order chi connectivity index (χ0) is 20.9. The zero-order valence-corrected chi connectivity index (χ0v) is 16.8. The molecule has 1 fully saturated rings. The van der Waals surface area contributed by atoms with Crippen LogP contribution in [0.1, 0.15) is 23.2 Å². The first-order valence-electron chi connectivity index (χ1n) is 10.4. The largest absolute Gasteiger partial charge is 0.491 e. The van der Waals surface area contributed by atoms with Crippen molar-refractivity contribution in [2.24, 2.45) is 5.92 Å². The van der Waals surface area contributed by atoms with E-state index in [4.69, 9.17) is 4.74 Å². The van der Waals surface area contributed by atoms with E-state index < -0.39 is 6.10 Å². The standard InChI is InChI=1S/C25H26FNO3/c26-22-7-3-6-21(14-22)25(29)19-10-12-27(13-11-19)16-23(28)17-30-24-9-8-18-4-1-2-5-20(18)15-24/h1-9,14-15,19,23,28H,10-13,16-17H2. The average Bonchev–Trinajstić information content (AvgIpc) is 2.77. The van der Waals surface area contributed by atoms with Gasteiger partial charge in [-0.05, 0) is 61.0 Å². The molecule has 4 rings (SSSR count). The predicted octanol–water partition coefficient (Wildman–Crippen LogP) is 4.31. The summed E-state index contributed by atoms with van der Waals surface area (Å²) in [5.41, 5.74) is 0.442. The Labute approximate surface area is 175 Å². The number of nitrogens with zero attached hydrogens (tertiary/aromatic N) is 1. The Bertz CT molecular complexity index is 1010. The summed E-state index contributed by atoms with van der Waals surface area (Å²) in [5.74, 6) is 0.281. The Morgan fingerprint density at radius 2 is 1.80 bits per heavy atom. The molecule has 0 bridgehead atoms. The third-order valence-electron chi connectivity index (χ3n) is 5.70. The Morgan fingerprint density at radius 3 is 2.57 bits per heavy atom. The fourth-order valence-corrected chi connectivity index (χ4v) is 4.06. The van der Waals surface area contributed by atoms with Gasteiger partial charge in [0.05, 0.1) is 0 Å². The van der Waals surface area contributed by atoms with Gasteiger partial charge < -0.3 is 14.7 Å². The smallest absolute Gasteiger partial charge is 0.166 e. The molecule has 1 aliphatic rings. The third kappa shape index (κ3) is 5.04. The molecule has 0 aromatic heterocycles. The van der Waals surface area contributed by atoms with Crippen LogP contribution in [0.15, 0.2) is 66.7 Å². The molecule has 0 amide bonds. The molecule has 0 saturated carbocycles. The van der Waals surface area contributed by atoms with E-state index in [9.17, 15) is 14.3 Å². The number of hydrogen-bond donors (Lipinski definition) is 1. The lowest BCUT2D eigenvalue weighted by molar-refractivity contribution is 0.0524. The summed E-state index contributed by atoms with van der Waals surface area (Å²) in [4.78, 5) is 14.7. The first-order chi connectivity index (χ1) is 14.6. The minimum absolute atomic E-state index is 0.00864. The van der Waals surface area contributed by atoms with Gasteiger partial charge in [0.1, 0.15) is 24.3 Å². The van der Waals surface area contributed by atoms with E-state index >= 15 is 0 Å². The van der Waals surface area contributed by atoms with Gasteiger partial charge in [-0.2, -0.15) is 0 Å². The molecule has 0 spiro atoms. The molecule has 1 unspecified atom stereocenters. The van der Waals surface area contributed by atoms with Crippen molar-refractivity contribution < 1.29 is 19.0 Å². The Kier molecular flexibility index (Phi) is 6.41. The van der Waals surface area contributed by atoms with E-state index in [1.807, 2.05) is 36.4 Å². The first-order valence-corrected chi connectivity index (χ1v) is 10.4. The number of likely N-dealkylation sites (tertiary alicyclic amines) is 1. The van der Waals surface area contributed by atoms with Crippen LogP contribution >= 0.6 is 0 Å². The van der Waals surface area contributed by atoms with E-state index in [0.717, 1.165) is 29.6 Å². The molecule has 1 saturated heterocycles. The summed E-state index contributed by atoms with van der Waals surface area (Å²) < 4.78 is 19.2. The molecule has 4 nitrogen and oxygen atoms in total. The van der Waals surface area contributed by atoms with Crippen LogP contribution in [-0.2, 0) is 0 Å². The fraction of sp³-hybridized carbons (Fsp3) is 0.320. The van der Waals surface area contributed by atoms with Crippen LogP contribution in [0, 0.1) is 11.7 Å². The minimum Gasteiger partial charge on any atom is -0.491 e. The summed E-state index contributed by atoms with van der Waals surface area (Å²) in [7, 11) is 0. The average molecular weight is 407 g/mol. The lowest BCUT2D eigenvalue weighted by Gasteiger charge is -2.32. The molecular weight excluding hydrogens is 381 g/mol. The quantitative estimate of drug-likeness (QED) is 0.593. The number of aliphatic hydroxyl groups excluding tert-OH is 1. The van der Waals surface area contributed by atoms with Crippen LogP contribution < -0.4 is 4.74 Å². The summed E-state index contributed by atoms with van der Waals surface area (Å²) >= 11 is 0. The number of aliphatic hydroxyl groups is 1. The molecule has 1 atom stereocenters.